The van der Waals surface area contributed by atoms with E-state index in [1.807, 2.05) is 4.90 Å². The molecule has 8 heteroatoms. The Morgan fingerprint density at radius 3 is 2.39 bits per heavy atom. The molecule has 0 unspecified atom stereocenters. The molecule has 28 heavy (non-hydrogen) atoms. The lowest BCUT2D eigenvalue weighted by Gasteiger charge is -2.20. The van der Waals surface area contributed by atoms with Gasteiger partial charge in [0.1, 0.15) is 0 Å². The van der Waals surface area contributed by atoms with Crippen LogP contribution < -0.4 is 14.8 Å². The lowest BCUT2D eigenvalue weighted by atomic mass is 10.2. The summed E-state index contributed by atoms with van der Waals surface area (Å²) in [7, 11) is 3.06. The maximum absolute atomic E-state index is 12.5. The van der Waals surface area contributed by atoms with Crippen molar-refractivity contribution >= 4 is 28.3 Å². The third kappa shape index (κ3) is 5.69. The van der Waals surface area contributed by atoms with Gasteiger partial charge in [-0.05, 0) is 31.0 Å². The second-order valence-electron chi connectivity index (χ2n) is 6.23. The van der Waals surface area contributed by atoms with Crippen molar-refractivity contribution in [3.05, 3.63) is 34.8 Å². The van der Waals surface area contributed by atoms with Gasteiger partial charge in [0.2, 0.25) is 5.91 Å². The van der Waals surface area contributed by atoms with Gasteiger partial charge in [-0.1, -0.05) is 13.8 Å². The Balaban J connectivity index is 2.02. The van der Waals surface area contributed by atoms with Crippen LogP contribution in [0.15, 0.2) is 23.6 Å². The maximum atomic E-state index is 12.5. The Morgan fingerprint density at radius 2 is 1.79 bits per heavy atom. The molecule has 2 rings (SSSR count). The molecule has 0 bridgehead atoms. The van der Waals surface area contributed by atoms with Crippen LogP contribution in [-0.4, -0.2) is 49.0 Å². The van der Waals surface area contributed by atoms with E-state index in [1.165, 1.54) is 25.6 Å². The van der Waals surface area contributed by atoms with Gasteiger partial charge in [0.25, 0.3) is 5.91 Å². The molecule has 0 aliphatic heterocycles. The normalized spacial score (nSPS) is 10.4. The van der Waals surface area contributed by atoms with E-state index in [-0.39, 0.29) is 18.2 Å². The van der Waals surface area contributed by atoms with Crippen LogP contribution in [0.5, 0.6) is 11.5 Å². The minimum absolute atomic E-state index is 0.0618. The van der Waals surface area contributed by atoms with Gasteiger partial charge in [0, 0.05) is 24.0 Å². The lowest BCUT2D eigenvalue weighted by molar-refractivity contribution is -0.130. The number of aromatic nitrogens is 1. The zero-order valence-electron chi connectivity index (χ0n) is 16.8. The van der Waals surface area contributed by atoms with Gasteiger partial charge < -0.3 is 14.4 Å². The molecule has 0 saturated heterocycles. The standard InChI is InChI=1S/C20H27N3O4S/c1-5-9-23(10-6-2)18(24)12-15-13-28-20(21-15)22-19(25)14-7-8-16(26-3)17(11-14)27-4/h7-8,11,13H,5-6,9-10,12H2,1-4H3,(H,21,22,25). The first-order valence-corrected chi connectivity index (χ1v) is 10.2. The highest BCUT2D eigenvalue weighted by atomic mass is 32.1. The molecule has 1 N–H and O–H groups in total. The molecule has 0 spiro atoms. The number of rotatable bonds is 10. The topological polar surface area (TPSA) is 80.8 Å². The molecule has 2 aromatic rings. The molecule has 0 atom stereocenters. The van der Waals surface area contributed by atoms with Crippen LogP contribution in [0.1, 0.15) is 42.7 Å². The number of anilines is 1. The number of amides is 2. The van der Waals surface area contributed by atoms with Gasteiger partial charge in [-0.3, -0.25) is 14.9 Å². The van der Waals surface area contributed by atoms with Crippen molar-refractivity contribution in [2.45, 2.75) is 33.1 Å². The number of hydrogen-bond donors (Lipinski definition) is 1. The summed E-state index contributed by atoms with van der Waals surface area (Å²) in [6, 6.07) is 4.94. The average molecular weight is 406 g/mol. The molecule has 0 radical (unpaired) electrons. The first-order chi connectivity index (χ1) is 13.5. The van der Waals surface area contributed by atoms with E-state index >= 15 is 0 Å². The van der Waals surface area contributed by atoms with Gasteiger partial charge >= 0.3 is 0 Å². The van der Waals surface area contributed by atoms with Crippen LogP contribution in [0, 0.1) is 0 Å². The smallest absolute Gasteiger partial charge is 0.257 e. The Morgan fingerprint density at radius 1 is 1.11 bits per heavy atom. The van der Waals surface area contributed by atoms with E-state index in [0.29, 0.717) is 27.9 Å². The number of carbonyl (C=O) groups is 2. The van der Waals surface area contributed by atoms with E-state index < -0.39 is 0 Å². The van der Waals surface area contributed by atoms with Crippen LogP contribution in [0.4, 0.5) is 5.13 Å². The number of carbonyl (C=O) groups excluding carboxylic acids is 2. The van der Waals surface area contributed by atoms with Crippen molar-refractivity contribution in [1.29, 1.82) is 0 Å². The molecule has 0 aliphatic rings. The van der Waals surface area contributed by atoms with Crippen molar-refractivity contribution in [1.82, 2.24) is 9.88 Å². The van der Waals surface area contributed by atoms with E-state index in [9.17, 15) is 9.59 Å². The summed E-state index contributed by atoms with van der Waals surface area (Å²) in [4.78, 5) is 31.2. The predicted molar refractivity (Wildman–Crippen MR) is 110 cm³/mol. The van der Waals surface area contributed by atoms with Crippen LogP contribution in [-0.2, 0) is 11.2 Å². The summed E-state index contributed by atoms with van der Waals surface area (Å²) in [6.07, 6.45) is 2.09. The van der Waals surface area contributed by atoms with Crippen LogP contribution in [0.3, 0.4) is 0 Å². The number of nitrogens with zero attached hydrogens (tertiary/aromatic N) is 2. The number of nitrogens with one attached hydrogen (secondary N) is 1. The highest BCUT2D eigenvalue weighted by Crippen LogP contribution is 2.28. The van der Waals surface area contributed by atoms with Crippen LogP contribution in [0.25, 0.3) is 0 Å². The number of ether oxygens (including phenoxy) is 2. The highest BCUT2D eigenvalue weighted by molar-refractivity contribution is 7.14. The predicted octanol–water partition coefficient (Wildman–Crippen LogP) is 3.60. The minimum atomic E-state index is -0.299. The van der Waals surface area contributed by atoms with Crippen LogP contribution in [0.2, 0.25) is 0 Å². The molecule has 0 saturated carbocycles. The molecule has 0 aliphatic carbocycles. The number of benzene rings is 1. The molecule has 0 fully saturated rings. The summed E-state index contributed by atoms with van der Waals surface area (Å²) < 4.78 is 10.4. The summed E-state index contributed by atoms with van der Waals surface area (Å²) in [5.74, 6) is 0.795. The Kier molecular flexibility index (Phi) is 8.25. The number of thiazole rings is 1. The van der Waals surface area contributed by atoms with Crippen molar-refractivity contribution < 1.29 is 19.1 Å². The van der Waals surface area contributed by atoms with E-state index in [1.54, 1.807) is 23.6 Å². The molecular formula is C20H27N3O4S. The molecule has 1 aromatic heterocycles. The third-order valence-electron chi connectivity index (χ3n) is 4.09. The Labute approximate surface area is 169 Å². The Bertz CT molecular complexity index is 800. The SMILES string of the molecule is CCCN(CCC)C(=O)Cc1csc(NC(=O)c2ccc(OC)c(OC)c2)n1. The first-order valence-electron chi connectivity index (χ1n) is 9.27. The fourth-order valence-electron chi connectivity index (χ4n) is 2.76. The second kappa shape index (κ2) is 10.7. The van der Waals surface area contributed by atoms with Gasteiger partial charge in [-0.2, -0.15) is 0 Å². The minimum Gasteiger partial charge on any atom is -0.493 e. The van der Waals surface area contributed by atoms with Crippen molar-refractivity contribution in [3.63, 3.8) is 0 Å². The zero-order valence-corrected chi connectivity index (χ0v) is 17.6. The fraction of sp³-hybridized carbons (Fsp3) is 0.450. The zero-order chi connectivity index (χ0) is 20.5. The largest absolute Gasteiger partial charge is 0.493 e. The maximum Gasteiger partial charge on any atom is 0.257 e. The van der Waals surface area contributed by atoms with Gasteiger partial charge in [0.05, 0.1) is 26.3 Å². The van der Waals surface area contributed by atoms with E-state index in [4.69, 9.17) is 9.47 Å². The van der Waals surface area contributed by atoms with Gasteiger partial charge in [0.15, 0.2) is 16.6 Å². The lowest BCUT2D eigenvalue weighted by Crippen LogP contribution is -2.33. The van der Waals surface area contributed by atoms with Crippen molar-refractivity contribution in [2.75, 3.05) is 32.6 Å². The first kappa shape index (κ1) is 21.7. The monoisotopic (exact) mass is 405 g/mol. The highest BCUT2D eigenvalue weighted by Gasteiger charge is 2.16. The third-order valence-corrected chi connectivity index (χ3v) is 4.90. The number of methoxy groups -OCH3 is 2. The number of hydrogen-bond acceptors (Lipinski definition) is 6. The second-order valence-corrected chi connectivity index (χ2v) is 7.08. The molecule has 1 heterocycles. The summed E-state index contributed by atoms with van der Waals surface area (Å²) in [6.45, 7) is 5.61. The van der Waals surface area contributed by atoms with Gasteiger partial charge in [-0.25, -0.2) is 4.98 Å². The summed E-state index contributed by atoms with van der Waals surface area (Å²) in [5.41, 5.74) is 1.09. The van der Waals surface area contributed by atoms with Crippen molar-refractivity contribution in [2.24, 2.45) is 0 Å². The summed E-state index contributed by atoms with van der Waals surface area (Å²) in [5, 5.41) is 5.03. The van der Waals surface area contributed by atoms with Crippen LogP contribution >= 0.6 is 11.3 Å². The summed E-state index contributed by atoms with van der Waals surface area (Å²) >= 11 is 1.30. The molecular weight excluding hydrogens is 378 g/mol. The fourth-order valence-corrected chi connectivity index (χ4v) is 3.47. The quantitative estimate of drug-likeness (QED) is 0.653. The van der Waals surface area contributed by atoms with E-state index in [0.717, 1.165) is 25.9 Å². The molecule has 152 valence electrons. The molecule has 7 nitrogen and oxygen atoms in total. The van der Waals surface area contributed by atoms with E-state index in [2.05, 4.69) is 24.1 Å². The van der Waals surface area contributed by atoms with Crippen molar-refractivity contribution in [3.8, 4) is 11.5 Å². The average Bonchev–Trinajstić information content (AvgIpc) is 3.13. The molecule has 2 amide bonds. The Hall–Kier alpha value is -2.61. The van der Waals surface area contributed by atoms with Gasteiger partial charge in [-0.15, -0.1) is 11.3 Å². The molecule has 1 aromatic carbocycles.